The van der Waals surface area contributed by atoms with Crippen LogP contribution in [0.4, 0.5) is 5.13 Å². The summed E-state index contributed by atoms with van der Waals surface area (Å²) in [5.41, 5.74) is 0.0124. The van der Waals surface area contributed by atoms with Crippen molar-refractivity contribution >= 4 is 43.2 Å². The van der Waals surface area contributed by atoms with Gasteiger partial charge in [0.15, 0.2) is 5.13 Å². The van der Waals surface area contributed by atoms with Crippen molar-refractivity contribution in [2.24, 2.45) is 5.41 Å². The number of rotatable bonds is 4. The lowest BCUT2D eigenvalue weighted by molar-refractivity contribution is 0.0769. The summed E-state index contributed by atoms with van der Waals surface area (Å²) < 4.78 is 1.08. The highest BCUT2D eigenvalue weighted by Gasteiger charge is 2.55. The number of β-amino-alcohol motifs (C(OH)–C–C–N with tert-alkyl or cyclic N) is 1. The molecule has 0 bridgehead atoms. The molecule has 7 heteroatoms. The minimum atomic E-state index is -0.347. The van der Waals surface area contributed by atoms with Crippen molar-refractivity contribution in [2.75, 3.05) is 31.1 Å². The number of aromatic nitrogens is 1. The van der Waals surface area contributed by atoms with Crippen LogP contribution in [0.15, 0.2) is 6.07 Å². The van der Waals surface area contributed by atoms with Crippen LogP contribution >= 0.6 is 22.7 Å². The molecule has 2 aromatic rings. The first-order valence-electron chi connectivity index (χ1n) is 8.19. The van der Waals surface area contributed by atoms with Gasteiger partial charge in [0.05, 0.1) is 15.7 Å². The predicted molar refractivity (Wildman–Crippen MR) is 94.6 cm³/mol. The van der Waals surface area contributed by atoms with Crippen LogP contribution in [-0.2, 0) is 0 Å². The summed E-state index contributed by atoms with van der Waals surface area (Å²) in [6.07, 6.45) is 1.75. The molecule has 1 atom stereocenters. The van der Waals surface area contributed by atoms with Crippen LogP contribution in [0.1, 0.15) is 36.4 Å². The van der Waals surface area contributed by atoms with Gasteiger partial charge in [0, 0.05) is 31.6 Å². The maximum atomic E-state index is 12.7. The van der Waals surface area contributed by atoms with Gasteiger partial charge < -0.3 is 14.9 Å². The SMILES string of the molecule is CCN(CC)c1nc2sc(C(=O)N3CC(O)C4(CC4)C3)cc2s1. The lowest BCUT2D eigenvalue weighted by atomic mass is 10.0. The van der Waals surface area contributed by atoms with E-state index >= 15 is 0 Å². The maximum Gasteiger partial charge on any atom is 0.264 e. The quantitative estimate of drug-likeness (QED) is 0.920. The Hall–Kier alpha value is -1.18. The van der Waals surface area contributed by atoms with Gasteiger partial charge in [-0.15, -0.1) is 11.3 Å². The molecule has 2 fully saturated rings. The molecule has 2 aliphatic rings. The Morgan fingerprint density at radius 1 is 1.43 bits per heavy atom. The number of fused-ring (bicyclic) bond motifs is 1. The summed E-state index contributed by atoms with van der Waals surface area (Å²) in [4.78, 5) is 23.1. The largest absolute Gasteiger partial charge is 0.391 e. The second-order valence-electron chi connectivity index (χ2n) is 6.51. The molecule has 2 aromatic heterocycles. The van der Waals surface area contributed by atoms with E-state index in [1.807, 2.05) is 11.0 Å². The maximum absolute atomic E-state index is 12.7. The van der Waals surface area contributed by atoms with Gasteiger partial charge in [0.2, 0.25) is 0 Å². The summed E-state index contributed by atoms with van der Waals surface area (Å²) in [6, 6.07) is 1.97. The van der Waals surface area contributed by atoms with Crippen molar-refractivity contribution in [3.63, 3.8) is 0 Å². The molecule has 1 saturated heterocycles. The van der Waals surface area contributed by atoms with Crippen LogP contribution in [0.2, 0.25) is 0 Å². The molecular formula is C16H21N3O2S2. The number of carbonyl (C=O) groups is 1. The third-order valence-corrected chi connectivity index (χ3v) is 7.32. The highest BCUT2D eigenvalue weighted by Crippen LogP contribution is 2.53. The molecular weight excluding hydrogens is 330 g/mol. The number of anilines is 1. The molecule has 1 amide bonds. The third-order valence-electron chi connectivity index (χ3n) is 5.11. The molecule has 0 aromatic carbocycles. The van der Waals surface area contributed by atoms with Crippen LogP contribution in [-0.4, -0.2) is 53.2 Å². The average Bonchev–Trinajstić information content (AvgIpc) is 2.87. The van der Waals surface area contributed by atoms with Crippen LogP contribution in [0, 0.1) is 5.41 Å². The van der Waals surface area contributed by atoms with E-state index in [0.717, 1.165) is 45.5 Å². The molecule has 1 N–H and O–H groups in total. The fourth-order valence-corrected chi connectivity index (χ4v) is 5.68. The van der Waals surface area contributed by atoms with E-state index in [-0.39, 0.29) is 17.4 Å². The lowest BCUT2D eigenvalue weighted by Crippen LogP contribution is -2.28. The topological polar surface area (TPSA) is 56.7 Å². The molecule has 4 rings (SSSR count). The zero-order valence-corrected chi connectivity index (χ0v) is 15.0. The van der Waals surface area contributed by atoms with Gasteiger partial charge in [0.1, 0.15) is 4.83 Å². The van der Waals surface area contributed by atoms with Gasteiger partial charge in [-0.1, -0.05) is 11.3 Å². The first-order valence-corrected chi connectivity index (χ1v) is 9.82. The summed E-state index contributed by atoms with van der Waals surface area (Å²) in [5, 5.41) is 11.2. The van der Waals surface area contributed by atoms with Gasteiger partial charge in [-0.2, -0.15) is 0 Å². The zero-order chi connectivity index (χ0) is 16.2. The van der Waals surface area contributed by atoms with Crippen LogP contribution in [0.5, 0.6) is 0 Å². The third kappa shape index (κ3) is 2.45. The van der Waals surface area contributed by atoms with Crippen molar-refractivity contribution in [3.05, 3.63) is 10.9 Å². The second-order valence-corrected chi connectivity index (χ2v) is 8.55. The Morgan fingerprint density at radius 3 is 2.74 bits per heavy atom. The van der Waals surface area contributed by atoms with Crippen molar-refractivity contribution in [2.45, 2.75) is 32.8 Å². The molecule has 124 valence electrons. The van der Waals surface area contributed by atoms with Gasteiger partial charge in [0.25, 0.3) is 5.91 Å². The van der Waals surface area contributed by atoms with Crippen molar-refractivity contribution in [3.8, 4) is 0 Å². The van der Waals surface area contributed by atoms with Crippen LogP contribution in [0.3, 0.4) is 0 Å². The van der Waals surface area contributed by atoms with Crippen molar-refractivity contribution in [1.29, 1.82) is 0 Å². The highest BCUT2D eigenvalue weighted by molar-refractivity contribution is 7.29. The standard InChI is InChI=1S/C16H21N3O2S2/c1-3-18(4-2)15-17-13-10(23-15)7-11(22-13)14(21)19-8-12(20)16(9-19)5-6-16/h7,12,20H,3-6,8-9H2,1-2H3. The lowest BCUT2D eigenvalue weighted by Gasteiger charge is -2.16. The number of thiophene rings is 1. The summed E-state index contributed by atoms with van der Waals surface area (Å²) in [7, 11) is 0. The number of likely N-dealkylation sites (tertiary alicyclic amines) is 1. The van der Waals surface area contributed by atoms with Gasteiger partial charge >= 0.3 is 0 Å². The van der Waals surface area contributed by atoms with E-state index in [0.29, 0.717) is 13.1 Å². The fourth-order valence-electron chi connectivity index (χ4n) is 3.37. The van der Waals surface area contributed by atoms with E-state index in [2.05, 4.69) is 23.7 Å². The number of hydrogen-bond acceptors (Lipinski definition) is 6. The van der Waals surface area contributed by atoms with E-state index in [1.54, 1.807) is 11.3 Å². The Labute approximate surface area is 143 Å². The van der Waals surface area contributed by atoms with Gasteiger partial charge in [-0.05, 0) is 32.8 Å². The van der Waals surface area contributed by atoms with E-state index in [9.17, 15) is 9.90 Å². The van der Waals surface area contributed by atoms with Gasteiger partial charge in [-0.25, -0.2) is 4.98 Å². The highest BCUT2D eigenvalue weighted by atomic mass is 32.1. The van der Waals surface area contributed by atoms with Gasteiger partial charge in [-0.3, -0.25) is 4.79 Å². The normalized spacial score (nSPS) is 22.2. The van der Waals surface area contributed by atoms with E-state index in [4.69, 9.17) is 0 Å². The Bertz CT molecular complexity index is 714. The number of nitrogens with zero attached hydrogens (tertiary/aromatic N) is 3. The molecule has 5 nitrogen and oxygen atoms in total. The minimum absolute atomic E-state index is 0.0124. The molecule has 3 heterocycles. The molecule has 1 saturated carbocycles. The number of aliphatic hydroxyl groups is 1. The molecule has 23 heavy (non-hydrogen) atoms. The smallest absolute Gasteiger partial charge is 0.264 e. The molecule has 1 spiro atoms. The molecule has 1 aliphatic carbocycles. The zero-order valence-electron chi connectivity index (χ0n) is 13.4. The Morgan fingerprint density at radius 2 is 2.17 bits per heavy atom. The Kier molecular flexibility index (Phi) is 3.62. The van der Waals surface area contributed by atoms with Crippen LogP contribution in [0.25, 0.3) is 9.53 Å². The number of hydrogen-bond donors (Lipinski definition) is 1. The Balaban J connectivity index is 1.55. The van der Waals surface area contributed by atoms with Crippen LogP contribution < -0.4 is 4.90 Å². The first kappa shape index (κ1) is 15.4. The number of carbonyl (C=O) groups excluding carboxylic acids is 1. The minimum Gasteiger partial charge on any atom is -0.391 e. The average molecular weight is 351 g/mol. The molecule has 0 radical (unpaired) electrons. The van der Waals surface area contributed by atoms with Crippen molar-refractivity contribution in [1.82, 2.24) is 9.88 Å². The summed E-state index contributed by atoms with van der Waals surface area (Å²) in [5.74, 6) is 0.0485. The number of amides is 1. The first-order chi connectivity index (χ1) is 11.1. The monoisotopic (exact) mass is 351 g/mol. The fraction of sp³-hybridized carbons (Fsp3) is 0.625. The van der Waals surface area contributed by atoms with E-state index < -0.39 is 0 Å². The number of thiazole rings is 1. The van der Waals surface area contributed by atoms with E-state index in [1.165, 1.54) is 11.3 Å². The molecule has 1 unspecified atom stereocenters. The number of aliphatic hydroxyl groups excluding tert-OH is 1. The second kappa shape index (κ2) is 5.43. The molecule has 1 aliphatic heterocycles. The van der Waals surface area contributed by atoms with Crippen molar-refractivity contribution < 1.29 is 9.90 Å². The summed E-state index contributed by atoms with van der Waals surface area (Å²) in [6.45, 7) is 7.31. The summed E-state index contributed by atoms with van der Waals surface area (Å²) >= 11 is 3.13. The predicted octanol–water partition coefficient (Wildman–Crippen LogP) is 2.80.